The van der Waals surface area contributed by atoms with Gasteiger partial charge < -0.3 is 5.32 Å². The second kappa shape index (κ2) is 9.72. The first-order chi connectivity index (χ1) is 12.8. The van der Waals surface area contributed by atoms with Gasteiger partial charge in [-0.05, 0) is 55.5 Å². The van der Waals surface area contributed by atoms with Crippen LogP contribution in [0.3, 0.4) is 0 Å². The minimum absolute atomic E-state index is 0.180. The summed E-state index contributed by atoms with van der Waals surface area (Å²) in [6.45, 7) is 10.2. The highest BCUT2D eigenvalue weighted by Gasteiger charge is 2.11. The van der Waals surface area contributed by atoms with Crippen molar-refractivity contribution in [2.75, 3.05) is 5.32 Å². The Labute approximate surface area is 162 Å². The lowest BCUT2D eigenvalue weighted by Gasteiger charge is -2.13. The Bertz CT molecular complexity index is 803. The highest BCUT2D eigenvalue weighted by atomic mass is 16.2. The number of carbonyl (C=O) groups excluding carboxylic acids is 1. The fraction of sp³-hybridized carbons (Fsp3) is 0.304. The van der Waals surface area contributed by atoms with Crippen molar-refractivity contribution >= 4 is 23.9 Å². The Kier molecular flexibility index (Phi) is 7.35. The summed E-state index contributed by atoms with van der Waals surface area (Å²) in [4.78, 5) is 12.1. The fourth-order valence-electron chi connectivity index (χ4n) is 2.54. The highest BCUT2D eigenvalue weighted by molar-refractivity contribution is 5.88. The Morgan fingerprint density at radius 1 is 1.00 bits per heavy atom. The molecule has 0 aromatic heterocycles. The molecule has 0 saturated heterocycles. The molecule has 0 saturated carbocycles. The van der Waals surface area contributed by atoms with E-state index in [9.17, 15) is 4.79 Å². The van der Waals surface area contributed by atoms with Crippen molar-refractivity contribution in [1.29, 1.82) is 0 Å². The number of carbonyl (C=O) groups is 1. The van der Waals surface area contributed by atoms with E-state index in [0.717, 1.165) is 16.8 Å². The average molecular weight is 364 g/mol. The Balaban J connectivity index is 1.87. The lowest BCUT2D eigenvalue weighted by molar-refractivity contribution is -0.121. The zero-order valence-corrected chi connectivity index (χ0v) is 16.8. The first-order valence-corrected chi connectivity index (χ1v) is 9.29. The van der Waals surface area contributed by atoms with E-state index in [1.165, 1.54) is 11.1 Å². The molecule has 0 aliphatic heterocycles. The van der Waals surface area contributed by atoms with E-state index in [1.807, 2.05) is 51.1 Å². The SMILES string of the molecule is CC(=C/c1ccc(C(C)C)cc1)/C=N/NC(=O)[C@@H](C)Nc1ccc(C)cc1. The number of aryl methyl sites for hydroxylation is 1. The van der Waals surface area contributed by atoms with Crippen LogP contribution in [0.2, 0.25) is 0 Å². The molecule has 0 aliphatic rings. The molecule has 0 bridgehead atoms. The topological polar surface area (TPSA) is 53.5 Å². The third kappa shape index (κ3) is 6.74. The molecule has 0 spiro atoms. The van der Waals surface area contributed by atoms with E-state index in [1.54, 1.807) is 6.21 Å². The molecule has 0 fully saturated rings. The van der Waals surface area contributed by atoms with Crippen LogP contribution in [-0.2, 0) is 4.79 Å². The van der Waals surface area contributed by atoms with Crippen LogP contribution in [0.5, 0.6) is 0 Å². The van der Waals surface area contributed by atoms with Crippen LogP contribution >= 0.6 is 0 Å². The summed E-state index contributed by atoms with van der Waals surface area (Å²) in [6, 6.07) is 16.0. The molecule has 27 heavy (non-hydrogen) atoms. The first kappa shape index (κ1) is 20.4. The van der Waals surface area contributed by atoms with Gasteiger partial charge in [-0.1, -0.05) is 61.9 Å². The average Bonchev–Trinajstić information content (AvgIpc) is 2.64. The molecule has 2 N–H and O–H groups in total. The molecule has 2 aromatic carbocycles. The van der Waals surface area contributed by atoms with Crippen LogP contribution in [0.15, 0.2) is 59.2 Å². The minimum atomic E-state index is -0.377. The van der Waals surface area contributed by atoms with Crippen LogP contribution in [0.1, 0.15) is 50.3 Å². The molecular formula is C23H29N3O. The lowest BCUT2D eigenvalue weighted by atomic mass is 10.0. The molecule has 0 unspecified atom stereocenters. The first-order valence-electron chi connectivity index (χ1n) is 9.29. The van der Waals surface area contributed by atoms with Gasteiger partial charge >= 0.3 is 0 Å². The summed E-state index contributed by atoms with van der Waals surface area (Å²) >= 11 is 0. The Hall–Kier alpha value is -2.88. The highest BCUT2D eigenvalue weighted by Crippen LogP contribution is 2.16. The standard InChI is InChI=1S/C23H29N3O/c1-16(2)21-10-8-20(9-11-21)14-18(4)15-24-26-23(27)19(5)25-22-12-6-17(3)7-13-22/h6-16,19,25H,1-5H3,(H,26,27)/b18-14-,24-15+/t19-/m1/s1. The summed E-state index contributed by atoms with van der Waals surface area (Å²) < 4.78 is 0. The predicted molar refractivity (Wildman–Crippen MR) is 115 cm³/mol. The molecule has 1 atom stereocenters. The van der Waals surface area contributed by atoms with Gasteiger partial charge in [-0.3, -0.25) is 4.79 Å². The van der Waals surface area contributed by atoms with Crippen molar-refractivity contribution in [1.82, 2.24) is 5.43 Å². The number of rotatable bonds is 7. The number of nitrogens with one attached hydrogen (secondary N) is 2. The fourth-order valence-corrected chi connectivity index (χ4v) is 2.54. The second-order valence-electron chi connectivity index (χ2n) is 7.18. The van der Waals surface area contributed by atoms with Gasteiger partial charge in [0.1, 0.15) is 6.04 Å². The van der Waals surface area contributed by atoms with Crippen LogP contribution < -0.4 is 10.7 Å². The number of benzene rings is 2. The van der Waals surface area contributed by atoms with Gasteiger partial charge in [0.05, 0.1) is 6.21 Å². The smallest absolute Gasteiger partial charge is 0.262 e. The van der Waals surface area contributed by atoms with Gasteiger partial charge in [0.15, 0.2) is 0 Å². The predicted octanol–water partition coefficient (Wildman–Crippen LogP) is 5.12. The molecule has 2 aromatic rings. The number of allylic oxidation sites excluding steroid dienone is 1. The Morgan fingerprint density at radius 3 is 2.22 bits per heavy atom. The van der Waals surface area contributed by atoms with Gasteiger partial charge in [0.2, 0.25) is 0 Å². The van der Waals surface area contributed by atoms with Gasteiger partial charge in [-0.2, -0.15) is 5.10 Å². The van der Waals surface area contributed by atoms with Crippen LogP contribution in [0.25, 0.3) is 6.08 Å². The maximum Gasteiger partial charge on any atom is 0.262 e. The van der Waals surface area contributed by atoms with Gasteiger partial charge in [-0.15, -0.1) is 0 Å². The van der Waals surface area contributed by atoms with Crippen molar-refractivity contribution in [3.05, 3.63) is 70.8 Å². The van der Waals surface area contributed by atoms with Gasteiger partial charge in [0.25, 0.3) is 5.91 Å². The van der Waals surface area contributed by atoms with E-state index in [-0.39, 0.29) is 11.9 Å². The van der Waals surface area contributed by atoms with Crippen LogP contribution in [0, 0.1) is 6.92 Å². The van der Waals surface area contributed by atoms with Crippen molar-refractivity contribution in [2.24, 2.45) is 5.10 Å². The molecular weight excluding hydrogens is 334 g/mol. The molecule has 2 rings (SSSR count). The third-order valence-electron chi connectivity index (χ3n) is 4.27. The van der Waals surface area contributed by atoms with Crippen molar-refractivity contribution < 1.29 is 4.79 Å². The van der Waals surface area contributed by atoms with E-state index in [2.05, 4.69) is 54.0 Å². The van der Waals surface area contributed by atoms with Crippen LogP contribution in [-0.4, -0.2) is 18.2 Å². The maximum atomic E-state index is 12.1. The summed E-state index contributed by atoms with van der Waals surface area (Å²) in [5, 5.41) is 7.22. The summed E-state index contributed by atoms with van der Waals surface area (Å²) in [5.74, 6) is 0.345. The number of anilines is 1. The summed E-state index contributed by atoms with van der Waals surface area (Å²) in [6.07, 6.45) is 3.70. The van der Waals surface area contributed by atoms with Crippen molar-refractivity contribution in [2.45, 2.75) is 46.6 Å². The van der Waals surface area contributed by atoms with Crippen molar-refractivity contribution in [3.63, 3.8) is 0 Å². The largest absolute Gasteiger partial charge is 0.374 e. The molecule has 0 aliphatic carbocycles. The number of hydrazone groups is 1. The molecule has 142 valence electrons. The quantitative estimate of drug-likeness (QED) is 0.529. The number of hydrogen-bond donors (Lipinski definition) is 2. The lowest BCUT2D eigenvalue weighted by Crippen LogP contribution is -2.34. The number of nitrogens with zero attached hydrogens (tertiary/aromatic N) is 1. The molecule has 4 heteroatoms. The minimum Gasteiger partial charge on any atom is -0.374 e. The maximum absolute atomic E-state index is 12.1. The normalized spacial score (nSPS) is 13.0. The molecule has 1 amide bonds. The zero-order valence-electron chi connectivity index (χ0n) is 16.8. The van der Waals surface area contributed by atoms with E-state index < -0.39 is 0 Å². The summed E-state index contributed by atoms with van der Waals surface area (Å²) in [7, 11) is 0. The number of amides is 1. The molecule has 4 nitrogen and oxygen atoms in total. The zero-order chi connectivity index (χ0) is 19.8. The Morgan fingerprint density at radius 2 is 1.63 bits per heavy atom. The summed E-state index contributed by atoms with van der Waals surface area (Å²) in [5.41, 5.74) is 8.08. The number of hydrogen-bond acceptors (Lipinski definition) is 3. The third-order valence-corrected chi connectivity index (χ3v) is 4.27. The van der Waals surface area contributed by atoms with Crippen molar-refractivity contribution in [3.8, 4) is 0 Å². The van der Waals surface area contributed by atoms with E-state index >= 15 is 0 Å². The van der Waals surface area contributed by atoms with Gasteiger partial charge in [-0.25, -0.2) is 5.43 Å². The monoisotopic (exact) mass is 363 g/mol. The molecule has 0 radical (unpaired) electrons. The van der Waals surface area contributed by atoms with E-state index in [4.69, 9.17) is 0 Å². The second-order valence-corrected chi connectivity index (χ2v) is 7.18. The van der Waals surface area contributed by atoms with E-state index in [0.29, 0.717) is 5.92 Å². The molecule has 0 heterocycles. The van der Waals surface area contributed by atoms with Gasteiger partial charge in [0, 0.05) is 5.69 Å². The van der Waals surface area contributed by atoms with Crippen LogP contribution in [0.4, 0.5) is 5.69 Å².